The number of aromatic nitrogens is 2. The zero-order chi connectivity index (χ0) is 8.81. The Bertz CT molecular complexity index is 293. The van der Waals surface area contributed by atoms with Gasteiger partial charge in [-0.2, -0.15) is 5.26 Å². The van der Waals surface area contributed by atoms with E-state index < -0.39 is 0 Å². The molecule has 1 rings (SSSR count). The highest BCUT2D eigenvalue weighted by Crippen LogP contribution is 2.12. The van der Waals surface area contributed by atoms with Crippen LogP contribution in [0.1, 0.15) is 19.0 Å². The molecule has 1 aromatic heterocycles. The van der Waals surface area contributed by atoms with Gasteiger partial charge in [0.25, 0.3) is 0 Å². The van der Waals surface area contributed by atoms with E-state index >= 15 is 0 Å². The standard InChI is InChI=1S/C8H9N3S/c1-2-5-12-8-10-4-3-7(6-9)11-8/h3-4H,2,5H2,1H3. The zero-order valence-electron chi connectivity index (χ0n) is 6.82. The molecular weight excluding hydrogens is 170 g/mol. The molecule has 0 fully saturated rings. The predicted octanol–water partition coefficient (Wildman–Crippen LogP) is 1.85. The van der Waals surface area contributed by atoms with E-state index in [0.717, 1.165) is 12.2 Å². The first-order chi connectivity index (χ1) is 5.86. The monoisotopic (exact) mass is 179 g/mol. The number of hydrogen-bond acceptors (Lipinski definition) is 4. The van der Waals surface area contributed by atoms with Gasteiger partial charge in [0.15, 0.2) is 5.16 Å². The third kappa shape index (κ3) is 2.51. The average molecular weight is 179 g/mol. The van der Waals surface area contributed by atoms with E-state index in [2.05, 4.69) is 16.9 Å². The second kappa shape index (κ2) is 4.73. The molecule has 0 aliphatic heterocycles. The molecule has 0 bridgehead atoms. The summed E-state index contributed by atoms with van der Waals surface area (Å²) in [6.07, 6.45) is 2.70. The summed E-state index contributed by atoms with van der Waals surface area (Å²) in [6, 6.07) is 3.59. The molecule has 62 valence electrons. The molecule has 0 spiro atoms. The van der Waals surface area contributed by atoms with Gasteiger partial charge in [-0.25, -0.2) is 9.97 Å². The lowest BCUT2D eigenvalue weighted by molar-refractivity contribution is 0.947. The number of nitrogens with zero attached hydrogens (tertiary/aromatic N) is 3. The Morgan fingerprint density at radius 3 is 3.17 bits per heavy atom. The van der Waals surface area contributed by atoms with Crippen LogP contribution in [0.3, 0.4) is 0 Å². The number of hydrogen-bond donors (Lipinski definition) is 0. The lowest BCUT2D eigenvalue weighted by Crippen LogP contribution is -1.89. The van der Waals surface area contributed by atoms with Gasteiger partial charge < -0.3 is 0 Å². The van der Waals surface area contributed by atoms with E-state index in [0.29, 0.717) is 10.9 Å². The molecule has 1 heterocycles. The first kappa shape index (κ1) is 9.01. The van der Waals surface area contributed by atoms with Gasteiger partial charge in [-0.15, -0.1) is 0 Å². The Morgan fingerprint density at radius 1 is 1.67 bits per heavy atom. The lowest BCUT2D eigenvalue weighted by Gasteiger charge is -1.96. The molecule has 0 saturated carbocycles. The highest BCUT2D eigenvalue weighted by Gasteiger charge is 1.97. The third-order valence-corrected chi connectivity index (χ3v) is 2.25. The van der Waals surface area contributed by atoms with Crippen LogP contribution in [0.5, 0.6) is 0 Å². The topological polar surface area (TPSA) is 49.6 Å². The summed E-state index contributed by atoms with van der Waals surface area (Å²) in [5, 5.41) is 9.23. The zero-order valence-corrected chi connectivity index (χ0v) is 7.64. The smallest absolute Gasteiger partial charge is 0.188 e. The lowest BCUT2D eigenvalue weighted by atomic mass is 10.5. The van der Waals surface area contributed by atoms with E-state index in [9.17, 15) is 0 Å². The van der Waals surface area contributed by atoms with Crippen LogP contribution in [-0.4, -0.2) is 15.7 Å². The molecule has 3 nitrogen and oxygen atoms in total. The SMILES string of the molecule is CCCSc1nccc(C#N)n1. The molecule has 12 heavy (non-hydrogen) atoms. The second-order valence-electron chi connectivity index (χ2n) is 2.18. The number of thioether (sulfide) groups is 1. The molecule has 0 saturated heterocycles. The number of nitriles is 1. The van der Waals surface area contributed by atoms with Gasteiger partial charge in [0.05, 0.1) is 0 Å². The van der Waals surface area contributed by atoms with Crippen molar-refractivity contribution in [2.24, 2.45) is 0 Å². The van der Waals surface area contributed by atoms with Crippen LogP contribution in [0.25, 0.3) is 0 Å². The fourth-order valence-electron chi connectivity index (χ4n) is 0.666. The van der Waals surface area contributed by atoms with Crippen molar-refractivity contribution < 1.29 is 0 Å². The molecule has 0 aliphatic carbocycles. The third-order valence-electron chi connectivity index (χ3n) is 1.18. The molecule has 0 unspecified atom stereocenters. The summed E-state index contributed by atoms with van der Waals surface area (Å²) < 4.78 is 0. The molecule has 1 aromatic rings. The minimum atomic E-state index is 0.434. The van der Waals surface area contributed by atoms with E-state index in [1.54, 1.807) is 24.0 Å². The first-order valence-electron chi connectivity index (χ1n) is 3.72. The molecular formula is C8H9N3S. The number of rotatable bonds is 3. The minimum absolute atomic E-state index is 0.434. The van der Waals surface area contributed by atoms with Crippen molar-refractivity contribution in [1.82, 2.24) is 9.97 Å². The fourth-order valence-corrected chi connectivity index (χ4v) is 1.35. The van der Waals surface area contributed by atoms with Gasteiger partial charge in [0.1, 0.15) is 11.8 Å². The highest BCUT2D eigenvalue weighted by atomic mass is 32.2. The van der Waals surface area contributed by atoms with Crippen molar-refractivity contribution in [1.29, 1.82) is 5.26 Å². The molecule has 0 N–H and O–H groups in total. The molecule has 0 aliphatic rings. The van der Waals surface area contributed by atoms with Crippen LogP contribution in [-0.2, 0) is 0 Å². The molecule has 0 amide bonds. The fraction of sp³-hybridized carbons (Fsp3) is 0.375. The van der Waals surface area contributed by atoms with Crippen LogP contribution in [0.2, 0.25) is 0 Å². The normalized spacial score (nSPS) is 9.33. The van der Waals surface area contributed by atoms with Crippen LogP contribution in [0.4, 0.5) is 0 Å². The predicted molar refractivity (Wildman–Crippen MR) is 47.8 cm³/mol. The van der Waals surface area contributed by atoms with E-state index in [1.807, 2.05) is 6.07 Å². The van der Waals surface area contributed by atoms with Crippen molar-refractivity contribution in [2.45, 2.75) is 18.5 Å². The van der Waals surface area contributed by atoms with Crippen molar-refractivity contribution in [3.05, 3.63) is 18.0 Å². The van der Waals surface area contributed by atoms with Gasteiger partial charge in [-0.3, -0.25) is 0 Å². The second-order valence-corrected chi connectivity index (χ2v) is 3.25. The molecule has 4 heteroatoms. The quantitative estimate of drug-likeness (QED) is 0.525. The maximum absolute atomic E-state index is 8.54. The van der Waals surface area contributed by atoms with Gasteiger partial charge in [0, 0.05) is 11.9 Å². The van der Waals surface area contributed by atoms with Gasteiger partial charge in [-0.1, -0.05) is 18.7 Å². The van der Waals surface area contributed by atoms with E-state index in [4.69, 9.17) is 5.26 Å². The summed E-state index contributed by atoms with van der Waals surface area (Å²) in [5.41, 5.74) is 0.434. The van der Waals surface area contributed by atoms with Crippen LogP contribution in [0, 0.1) is 11.3 Å². The van der Waals surface area contributed by atoms with E-state index in [1.165, 1.54) is 0 Å². The molecule has 0 radical (unpaired) electrons. The Morgan fingerprint density at radius 2 is 2.50 bits per heavy atom. The summed E-state index contributed by atoms with van der Waals surface area (Å²) in [4.78, 5) is 8.05. The maximum atomic E-state index is 8.54. The Balaban J connectivity index is 2.68. The van der Waals surface area contributed by atoms with Crippen molar-refractivity contribution in [2.75, 3.05) is 5.75 Å². The summed E-state index contributed by atoms with van der Waals surface area (Å²) in [6.45, 7) is 2.10. The Hall–Kier alpha value is -1.08. The average Bonchev–Trinajstić information content (AvgIpc) is 2.15. The van der Waals surface area contributed by atoms with Crippen LogP contribution < -0.4 is 0 Å². The Labute approximate surface area is 75.8 Å². The molecule has 0 aromatic carbocycles. The van der Waals surface area contributed by atoms with Crippen molar-refractivity contribution >= 4 is 11.8 Å². The Kier molecular flexibility index (Phi) is 3.55. The van der Waals surface area contributed by atoms with Crippen molar-refractivity contribution in [3.8, 4) is 6.07 Å². The van der Waals surface area contributed by atoms with E-state index in [-0.39, 0.29) is 0 Å². The van der Waals surface area contributed by atoms with Gasteiger partial charge in [0.2, 0.25) is 0 Å². The summed E-state index contributed by atoms with van der Waals surface area (Å²) in [7, 11) is 0. The first-order valence-corrected chi connectivity index (χ1v) is 4.71. The van der Waals surface area contributed by atoms with Crippen LogP contribution in [0.15, 0.2) is 17.4 Å². The maximum Gasteiger partial charge on any atom is 0.188 e. The minimum Gasteiger partial charge on any atom is -0.231 e. The summed E-state index contributed by atoms with van der Waals surface area (Å²) >= 11 is 1.58. The van der Waals surface area contributed by atoms with Gasteiger partial charge in [-0.05, 0) is 12.5 Å². The largest absolute Gasteiger partial charge is 0.231 e. The summed E-state index contributed by atoms with van der Waals surface area (Å²) in [5.74, 6) is 0.995. The highest BCUT2D eigenvalue weighted by molar-refractivity contribution is 7.99. The van der Waals surface area contributed by atoms with Crippen LogP contribution >= 0.6 is 11.8 Å². The van der Waals surface area contributed by atoms with Gasteiger partial charge >= 0.3 is 0 Å². The van der Waals surface area contributed by atoms with Crippen molar-refractivity contribution in [3.63, 3.8) is 0 Å². The molecule has 0 atom stereocenters.